The molecule has 0 spiro atoms. The maximum absolute atomic E-state index is 13.8. The Labute approximate surface area is 155 Å². The zero-order valence-corrected chi connectivity index (χ0v) is 14.9. The maximum atomic E-state index is 13.8. The van der Waals surface area contributed by atoms with E-state index in [0.717, 1.165) is 12.1 Å². The number of halogens is 3. The lowest BCUT2D eigenvalue weighted by Gasteiger charge is -2.34. The first-order chi connectivity index (χ1) is 12.5. The van der Waals surface area contributed by atoms with Crippen LogP contribution in [0.15, 0.2) is 42.5 Å². The Bertz CT molecular complexity index is 780. The summed E-state index contributed by atoms with van der Waals surface area (Å²) in [5, 5.41) is 0.573. The number of hydrogen-bond acceptors (Lipinski definition) is 3. The molecular formula is C19H19ClF2N2O2. The third kappa shape index (κ3) is 4.51. The molecule has 0 bridgehead atoms. The van der Waals surface area contributed by atoms with E-state index in [4.69, 9.17) is 16.3 Å². The first-order valence-corrected chi connectivity index (χ1v) is 8.76. The van der Waals surface area contributed by atoms with Crippen LogP contribution in [0.3, 0.4) is 0 Å². The van der Waals surface area contributed by atoms with Gasteiger partial charge in [-0.2, -0.15) is 0 Å². The SMILES string of the molecule is O=C(c1ccc(F)cc1F)N1CCN(CCOc2ccccc2Cl)CC1. The molecule has 2 aromatic carbocycles. The molecule has 138 valence electrons. The fourth-order valence-electron chi connectivity index (χ4n) is 2.85. The van der Waals surface area contributed by atoms with Crippen molar-refractivity contribution in [2.45, 2.75) is 0 Å². The summed E-state index contributed by atoms with van der Waals surface area (Å²) < 4.78 is 32.4. The zero-order chi connectivity index (χ0) is 18.5. The van der Waals surface area contributed by atoms with Crippen LogP contribution >= 0.6 is 11.6 Å². The minimum Gasteiger partial charge on any atom is -0.491 e. The molecule has 0 atom stereocenters. The third-order valence-electron chi connectivity index (χ3n) is 4.32. The molecule has 3 rings (SSSR count). The van der Waals surface area contributed by atoms with Gasteiger partial charge in [-0.15, -0.1) is 0 Å². The molecule has 7 heteroatoms. The van der Waals surface area contributed by atoms with Gasteiger partial charge in [0.05, 0.1) is 10.6 Å². The van der Waals surface area contributed by atoms with Gasteiger partial charge in [0.2, 0.25) is 0 Å². The molecule has 2 aromatic rings. The first-order valence-electron chi connectivity index (χ1n) is 8.38. The number of carbonyl (C=O) groups excluding carboxylic acids is 1. The second-order valence-electron chi connectivity index (χ2n) is 6.04. The molecule has 1 aliphatic rings. The lowest BCUT2D eigenvalue weighted by atomic mass is 10.1. The van der Waals surface area contributed by atoms with Gasteiger partial charge in [-0.1, -0.05) is 23.7 Å². The van der Waals surface area contributed by atoms with Crippen LogP contribution in [0.4, 0.5) is 8.78 Å². The molecule has 1 fully saturated rings. The Balaban J connectivity index is 1.46. The van der Waals surface area contributed by atoms with Crippen LogP contribution in [0.25, 0.3) is 0 Å². The highest BCUT2D eigenvalue weighted by Crippen LogP contribution is 2.23. The van der Waals surface area contributed by atoms with Crippen LogP contribution in [0.1, 0.15) is 10.4 Å². The van der Waals surface area contributed by atoms with Gasteiger partial charge in [0.25, 0.3) is 5.91 Å². The van der Waals surface area contributed by atoms with Crippen molar-refractivity contribution in [3.8, 4) is 5.75 Å². The highest BCUT2D eigenvalue weighted by Gasteiger charge is 2.24. The van der Waals surface area contributed by atoms with E-state index in [1.54, 1.807) is 11.0 Å². The molecular weight excluding hydrogens is 362 g/mol. The topological polar surface area (TPSA) is 32.8 Å². The quantitative estimate of drug-likeness (QED) is 0.796. The number of piperazine rings is 1. The largest absolute Gasteiger partial charge is 0.491 e. The van der Waals surface area contributed by atoms with Crippen molar-refractivity contribution in [3.05, 3.63) is 64.7 Å². The third-order valence-corrected chi connectivity index (χ3v) is 4.64. The van der Waals surface area contributed by atoms with E-state index < -0.39 is 17.5 Å². The lowest BCUT2D eigenvalue weighted by Crippen LogP contribution is -2.49. The van der Waals surface area contributed by atoms with Gasteiger partial charge < -0.3 is 9.64 Å². The number of nitrogens with zero attached hydrogens (tertiary/aromatic N) is 2. The molecule has 1 heterocycles. The molecule has 4 nitrogen and oxygen atoms in total. The molecule has 1 amide bonds. The molecule has 0 aliphatic carbocycles. The number of rotatable bonds is 5. The summed E-state index contributed by atoms with van der Waals surface area (Å²) in [7, 11) is 0. The van der Waals surface area contributed by atoms with Crippen molar-refractivity contribution in [1.82, 2.24) is 9.80 Å². The van der Waals surface area contributed by atoms with Gasteiger partial charge in [-0.25, -0.2) is 8.78 Å². The van der Waals surface area contributed by atoms with E-state index in [0.29, 0.717) is 50.1 Å². The minimum absolute atomic E-state index is 0.0955. The number of amides is 1. The fraction of sp³-hybridized carbons (Fsp3) is 0.316. The summed E-state index contributed by atoms with van der Waals surface area (Å²) in [6, 6.07) is 10.3. The standard InChI is InChI=1S/C19H19ClF2N2O2/c20-16-3-1-2-4-18(16)26-12-11-23-7-9-24(10-8-23)19(25)15-6-5-14(21)13-17(15)22/h1-6,13H,7-12H2. The van der Waals surface area contributed by atoms with Gasteiger partial charge in [0, 0.05) is 38.8 Å². The van der Waals surface area contributed by atoms with Crippen LogP contribution in [0.5, 0.6) is 5.75 Å². The maximum Gasteiger partial charge on any atom is 0.256 e. The smallest absolute Gasteiger partial charge is 0.256 e. The number of para-hydroxylation sites is 1. The summed E-state index contributed by atoms with van der Waals surface area (Å²) in [5.74, 6) is -1.28. The molecule has 0 radical (unpaired) electrons. The minimum atomic E-state index is -0.828. The van der Waals surface area contributed by atoms with Gasteiger partial charge in [0.15, 0.2) is 0 Å². The predicted molar refractivity (Wildman–Crippen MR) is 95.6 cm³/mol. The first kappa shape index (κ1) is 18.6. The Morgan fingerprint density at radius 1 is 1.08 bits per heavy atom. The summed E-state index contributed by atoms with van der Waals surface area (Å²) in [4.78, 5) is 16.1. The van der Waals surface area contributed by atoms with Gasteiger partial charge >= 0.3 is 0 Å². The Morgan fingerprint density at radius 3 is 2.50 bits per heavy atom. The second-order valence-corrected chi connectivity index (χ2v) is 6.44. The Hall–Kier alpha value is -2.18. The molecule has 0 N–H and O–H groups in total. The van der Waals surface area contributed by atoms with E-state index in [1.165, 1.54) is 6.07 Å². The number of carbonyl (C=O) groups is 1. The normalized spacial score (nSPS) is 15.1. The molecule has 0 aromatic heterocycles. The summed E-state index contributed by atoms with van der Waals surface area (Å²) in [5.41, 5.74) is -0.0955. The van der Waals surface area contributed by atoms with Crippen molar-refractivity contribution < 1.29 is 18.3 Å². The fourth-order valence-corrected chi connectivity index (χ4v) is 3.04. The van der Waals surface area contributed by atoms with Crippen molar-refractivity contribution in [2.75, 3.05) is 39.3 Å². The highest BCUT2D eigenvalue weighted by atomic mass is 35.5. The van der Waals surface area contributed by atoms with E-state index >= 15 is 0 Å². The lowest BCUT2D eigenvalue weighted by molar-refractivity contribution is 0.0616. The number of ether oxygens (including phenoxy) is 1. The van der Waals surface area contributed by atoms with Crippen LogP contribution in [0, 0.1) is 11.6 Å². The van der Waals surface area contributed by atoms with Gasteiger partial charge in [-0.05, 0) is 24.3 Å². The van der Waals surface area contributed by atoms with Crippen LogP contribution in [-0.4, -0.2) is 55.0 Å². The van der Waals surface area contributed by atoms with E-state index in [2.05, 4.69) is 4.90 Å². The Morgan fingerprint density at radius 2 is 1.81 bits per heavy atom. The van der Waals surface area contributed by atoms with Crippen molar-refractivity contribution in [1.29, 1.82) is 0 Å². The monoisotopic (exact) mass is 380 g/mol. The molecule has 1 aliphatic heterocycles. The second kappa shape index (κ2) is 8.47. The highest BCUT2D eigenvalue weighted by molar-refractivity contribution is 6.32. The van der Waals surface area contributed by atoms with Crippen LogP contribution in [-0.2, 0) is 0 Å². The predicted octanol–water partition coefficient (Wildman–Crippen LogP) is 3.46. The summed E-state index contributed by atoms with van der Waals surface area (Å²) in [6.45, 7) is 3.51. The molecule has 0 unspecified atom stereocenters. The average molecular weight is 381 g/mol. The average Bonchev–Trinajstić information content (AvgIpc) is 2.63. The number of benzene rings is 2. The summed E-state index contributed by atoms with van der Waals surface area (Å²) in [6.07, 6.45) is 0. The van der Waals surface area contributed by atoms with Crippen molar-refractivity contribution in [2.24, 2.45) is 0 Å². The van der Waals surface area contributed by atoms with Gasteiger partial charge in [-0.3, -0.25) is 9.69 Å². The Kier molecular flexibility index (Phi) is 6.06. The summed E-state index contributed by atoms with van der Waals surface area (Å²) >= 11 is 6.04. The molecule has 1 saturated heterocycles. The number of hydrogen-bond donors (Lipinski definition) is 0. The van der Waals surface area contributed by atoms with E-state index in [-0.39, 0.29) is 5.56 Å². The van der Waals surface area contributed by atoms with Crippen molar-refractivity contribution in [3.63, 3.8) is 0 Å². The zero-order valence-electron chi connectivity index (χ0n) is 14.1. The van der Waals surface area contributed by atoms with Crippen molar-refractivity contribution >= 4 is 17.5 Å². The molecule has 26 heavy (non-hydrogen) atoms. The molecule has 0 saturated carbocycles. The van der Waals surface area contributed by atoms with Gasteiger partial charge in [0.1, 0.15) is 24.0 Å². The van der Waals surface area contributed by atoms with Crippen LogP contribution in [0.2, 0.25) is 5.02 Å². The van der Waals surface area contributed by atoms with Crippen LogP contribution < -0.4 is 4.74 Å². The van der Waals surface area contributed by atoms with E-state index in [9.17, 15) is 13.6 Å². The van der Waals surface area contributed by atoms with E-state index in [1.807, 2.05) is 18.2 Å².